The number of halogens is 2. The van der Waals surface area contributed by atoms with Gasteiger partial charge in [0.05, 0.1) is 18.2 Å². The van der Waals surface area contributed by atoms with Crippen molar-refractivity contribution in [2.75, 3.05) is 13.6 Å². The molecule has 0 amide bonds. The molecule has 0 heterocycles. The van der Waals surface area contributed by atoms with Crippen molar-refractivity contribution in [3.05, 3.63) is 35.4 Å². The molecule has 0 spiro atoms. The highest BCUT2D eigenvalue weighted by Crippen LogP contribution is 2.22. The van der Waals surface area contributed by atoms with Crippen molar-refractivity contribution in [2.24, 2.45) is 0 Å². The first-order valence-corrected chi connectivity index (χ1v) is 6.85. The molecule has 1 aliphatic rings. The van der Waals surface area contributed by atoms with Gasteiger partial charge in [-0.1, -0.05) is 12.8 Å². The fourth-order valence-corrected chi connectivity index (χ4v) is 2.75. The number of hydrogen-bond acceptors (Lipinski definition) is 3. The Balaban J connectivity index is 2.03. The predicted molar refractivity (Wildman–Crippen MR) is 71.6 cm³/mol. The van der Waals surface area contributed by atoms with Gasteiger partial charge in [-0.15, -0.1) is 0 Å². The van der Waals surface area contributed by atoms with Gasteiger partial charge in [0.1, 0.15) is 11.6 Å². The van der Waals surface area contributed by atoms with E-state index in [9.17, 15) is 18.7 Å². The van der Waals surface area contributed by atoms with Crippen LogP contribution in [0.3, 0.4) is 0 Å². The first-order valence-electron chi connectivity index (χ1n) is 6.85. The average molecular weight is 283 g/mol. The van der Waals surface area contributed by atoms with Crippen LogP contribution >= 0.6 is 0 Å². The molecule has 1 saturated carbocycles. The molecule has 1 N–H and O–H groups in total. The minimum Gasteiger partial charge on any atom is -0.391 e. The van der Waals surface area contributed by atoms with Crippen LogP contribution in [0.25, 0.3) is 0 Å². The third-order valence-corrected chi connectivity index (χ3v) is 3.88. The van der Waals surface area contributed by atoms with E-state index in [4.69, 9.17) is 0 Å². The second kappa shape index (κ2) is 6.41. The van der Waals surface area contributed by atoms with Crippen LogP contribution in [-0.2, 0) is 0 Å². The molecule has 1 aromatic rings. The molecule has 1 aromatic carbocycles. The number of aliphatic hydroxyl groups is 1. The molecule has 2 atom stereocenters. The van der Waals surface area contributed by atoms with Gasteiger partial charge in [-0.25, -0.2) is 8.78 Å². The molecule has 0 bridgehead atoms. The maximum Gasteiger partial charge on any atom is 0.179 e. The number of carbonyl (C=O) groups is 1. The van der Waals surface area contributed by atoms with E-state index < -0.39 is 23.5 Å². The van der Waals surface area contributed by atoms with Gasteiger partial charge in [-0.3, -0.25) is 9.69 Å². The molecular formula is C15H19F2NO2. The Morgan fingerprint density at radius 1 is 1.35 bits per heavy atom. The first-order chi connectivity index (χ1) is 9.49. The van der Waals surface area contributed by atoms with Gasteiger partial charge < -0.3 is 5.11 Å². The number of Topliss-reactive ketones (excluding diaryl/α,β-unsaturated/α-hetero) is 1. The minimum atomic E-state index is -0.840. The lowest BCUT2D eigenvalue weighted by molar-refractivity contribution is 0.0321. The second-order valence-corrected chi connectivity index (χ2v) is 5.38. The van der Waals surface area contributed by atoms with Crippen LogP contribution in [0, 0.1) is 11.6 Å². The monoisotopic (exact) mass is 283 g/mol. The van der Waals surface area contributed by atoms with Crippen molar-refractivity contribution >= 4 is 5.78 Å². The summed E-state index contributed by atoms with van der Waals surface area (Å²) in [4.78, 5) is 13.8. The SMILES string of the molecule is CN(CC(=O)c1ccc(F)cc1F)C1CCCCC1O. The summed E-state index contributed by atoms with van der Waals surface area (Å²) in [5, 5.41) is 9.94. The van der Waals surface area contributed by atoms with Gasteiger partial charge >= 0.3 is 0 Å². The summed E-state index contributed by atoms with van der Waals surface area (Å²) in [7, 11) is 1.75. The van der Waals surface area contributed by atoms with Crippen LogP contribution in [0.15, 0.2) is 18.2 Å². The topological polar surface area (TPSA) is 40.5 Å². The highest BCUT2D eigenvalue weighted by atomic mass is 19.1. The number of nitrogens with zero attached hydrogens (tertiary/aromatic N) is 1. The van der Waals surface area contributed by atoms with Crippen LogP contribution in [0.5, 0.6) is 0 Å². The number of aliphatic hydroxyl groups excluding tert-OH is 1. The van der Waals surface area contributed by atoms with Crippen LogP contribution in [0.1, 0.15) is 36.0 Å². The van der Waals surface area contributed by atoms with Gasteiger partial charge in [0.25, 0.3) is 0 Å². The molecular weight excluding hydrogens is 264 g/mol. The second-order valence-electron chi connectivity index (χ2n) is 5.38. The van der Waals surface area contributed by atoms with E-state index in [-0.39, 0.29) is 18.2 Å². The van der Waals surface area contributed by atoms with E-state index in [1.54, 1.807) is 11.9 Å². The molecule has 20 heavy (non-hydrogen) atoms. The number of benzene rings is 1. The lowest BCUT2D eigenvalue weighted by Crippen LogP contribution is -2.45. The zero-order valence-corrected chi connectivity index (χ0v) is 11.5. The van der Waals surface area contributed by atoms with Gasteiger partial charge in [0, 0.05) is 12.1 Å². The summed E-state index contributed by atoms with van der Waals surface area (Å²) in [6.07, 6.45) is 3.13. The molecule has 0 aromatic heterocycles. The lowest BCUT2D eigenvalue weighted by atomic mass is 9.91. The summed E-state index contributed by atoms with van der Waals surface area (Å²) in [6, 6.07) is 2.88. The highest BCUT2D eigenvalue weighted by Gasteiger charge is 2.28. The molecule has 0 saturated heterocycles. The van der Waals surface area contributed by atoms with E-state index in [1.807, 2.05) is 0 Å². The number of hydrogen-bond donors (Lipinski definition) is 1. The number of carbonyl (C=O) groups excluding carboxylic acids is 1. The first kappa shape index (κ1) is 15.1. The number of likely N-dealkylation sites (N-methyl/N-ethyl adjacent to an activating group) is 1. The number of ketones is 1. The Morgan fingerprint density at radius 2 is 2.05 bits per heavy atom. The van der Waals surface area contributed by atoms with Crippen LogP contribution in [-0.4, -0.2) is 41.5 Å². The maximum absolute atomic E-state index is 13.5. The summed E-state index contributed by atoms with van der Waals surface area (Å²) < 4.78 is 26.4. The third-order valence-electron chi connectivity index (χ3n) is 3.88. The van der Waals surface area contributed by atoms with Crippen molar-refractivity contribution in [2.45, 2.75) is 37.8 Å². The molecule has 110 valence electrons. The lowest BCUT2D eigenvalue weighted by Gasteiger charge is -2.34. The Morgan fingerprint density at radius 3 is 2.70 bits per heavy atom. The van der Waals surface area contributed by atoms with Crippen molar-refractivity contribution in [3.8, 4) is 0 Å². The Bertz CT molecular complexity index is 493. The molecule has 2 unspecified atom stereocenters. The maximum atomic E-state index is 13.5. The average Bonchev–Trinajstić information content (AvgIpc) is 2.38. The van der Waals surface area contributed by atoms with Crippen molar-refractivity contribution in [1.82, 2.24) is 4.90 Å². The molecule has 5 heteroatoms. The van der Waals surface area contributed by atoms with E-state index in [1.165, 1.54) is 0 Å². The van der Waals surface area contributed by atoms with E-state index >= 15 is 0 Å². The molecule has 3 nitrogen and oxygen atoms in total. The summed E-state index contributed by atoms with van der Waals surface area (Å²) in [5.41, 5.74) is -0.108. The van der Waals surface area contributed by atoms with Crippen LogP contribution in [0.2, 0.25) is 0 Å². The molecule has 1 aliphatic carbocycles. The third kappa shape index (κ3) is 3.41. The fraction of sp³-hybridized carbons (Fsp3) is 0.533. The summed E-state index contributed by atoms with van der Waals surface area (Å²) in [6.45, 7) is 0.0181. The Labute approximate surface area is 117 Å². The van der Waals surface area contributed by atoms with Gasteiger partial charge in [0.2, 0.25) is 0 Å². The van der Waals surface area contributed by atoms with Crippen molar-refractivity contribution < 1.29 is 18.7 Å². The standard InChI is InChI=1S/C15H19F2NO2/c1-18(13-4-2-3-5-14(13)19)9-15(20)11-7-6-10(16)8-12(11)17/h6-8,13-14,19H,2-5,9H2,1H3. The van der Waals surface area contributed by atoms with Gasteiger partial charge in [0.15, 0.2) is 5.78 Å². The molecule has 0 radical (unpaired) electrons. The van der Waals surface area contributed by atoms with Crippen LogP contribution < -0.4 is 0 Å². The number of rotatable bonds is 4. The zero-order valence-electron chi connectivity index (χ0n) is 11.5. The molecule has 2 rings (SSSR count). The highest BCUT2D eigenvalue weighted by molar-refractivity contribution is 5.97. The van der Waals surface area contributed by atoms with Crippen LogP contribution in [0.4, 0.5) is 8.78 Å². The predicted octanol–water partition coefficient (Wildman–Crippen LogP) is 2.38. The normalized spacial score (nSPS) is 23.1. The Hall–Kier alpha value is -1.33. The smallest absolute Gasteiger partial charge is 0.179 e. The Kier molecular flexibility index (Phi) is 4.83. The van der Waals surface area contributed by atoms with E-state index in [0.717, 1.165) is 37.8 Å². The largest absolute Gasteiger partial charge is 0.391 e. The van der Waals surface area contributed by atoms with E-state index in [2.05, 4.69) is 0 Å². The summed E-state index contributed by atoms with van der Waals surface area (Å²) >= 11 is 0. The van der Waals surface area contributed by atoms with Crippen molar-refractivity contribution in [3.63, 3.8) is 0 Å². The van der Waals surface area contributed by atoms with E-state index in [0.29, 0.717) is 6.07 Å². The minimum absolute atomic E-state index is 0.0181. The van der Waals surface area contributed by atoms with Crippen molar-refractivity contribution in [1.29, 1.82) is 0 Å². The quantitative estimate of drug-likeness (QED) is 0.863. The van der Waals surface area contributed by atoms with Gasteiger partial charge in [-0.05, 0) is 32.0 Å². The molecule has 1 fully saturated rings. The fourth-order valence-electron chi connectivity index (χ4n) is 2.75. The molecule has 0 aliphatic heterocycles. The summed E-state index contributed by atoms with van der Waals surface area (Å²) in [5.74, 6) is -1.94. The van der Waals surface area contributed by atoms with Gasteiger partial charge in [-0.2, -0.15) is 0 Å². The zero-order chi connectivity index (χ0) is 14.7.